The maximum atomic E-state index is 14.2. The van der Waals surface area contributed by atoms with E-state index in [0.717, 1.165) is 6.07 Å². The molecular formula is C19H25F2NO3. The van der Waals surface area contributed by atoms with E-state index in [1.807, 2.05) is 20.8 Å². The van der Waals surface area contributed by atoms with Crippen molar-refractivity contribution in [3.8, 4) is 0 Å². The van der Waals surface area contributed by atoms with Gasteiger partial charge in [-0.05, 0) is 37.2 Å². The van der Waals surface area contributed by atoms with Gasteiger partial charge in [0.05, 0.1) is 12.0 Å². The zero-order valence-corrected chi connectivity index (χ0v) is 14.8. The fraction of sp³-hybridized carbons (Fsp3) is 0.579. The first-order valence-corrected chi connectivity index (χ1v) is 8.57. The number of carboxylic acid groups (broad SMARTS) is 1. The lowest BCUT2D eigenvalue weighted by molar-refractivity contribution is -0.144. The Bertz CT molecular complexity index is 647. The third kappa shape index (κ3) is 4.77. The van der Waals surface area contributed by atoms with Crippen LogP contribution in [0.2, 0.25) is 0 Å². The van der Waals surface area contributed by atoms with Gasteiger partial charge in [0.1, 0.15) is 11.6 Å². The van der Waals surface area contributed by atoms with Gasteiger partial charge < -0.3 is 10.4 Å². The second-order valence-corrected chi connectivity index (χ2v) is 7.86. The van der Waals surface area contributed by atoms with Crippen molar-refractivity contribution in [2.24, 2.45) is 17.3 Å². The van der Waals surface area contributed by atoms with Gasteiger partial charge in [-0.2, -0.15) is 0 Å². The van der Waals surface area contributed by atoms with Crippen molar-refractivity contribution in [3.63, 3.8) is 0 Å². The third-order valence-corrected chi connectivity index (χ3v) is 4.87. The number of benzene rings is 1. The fourth-order valence-electron chi connectivity index (χ4n) is 3.36. The standard InChI is InChI=1S/C19H25F2NO3/c1-19(2,3)16(14-9-8-13(20)10-15(14)21)22-17(23)11-4-6-12(7-5-11)18(24)25/h8-12,16H,4-7H2,1-3H3,(H,22,23)(H,24,25). The summed E-state index contributed by atoms with van der Waals surface area (Å²) < 4.78 is 27.4. The van der Waals surface area contributed by atoms with E-state index in [4.69, 9.17) is 5.11 Å². The molecule has 2 rings (SSSR count). The molecule has 1 unspecified atom stereocenters. The van der Waals surface area contributed by atoms with Crippen molar-refractivity contribution in [3.05, 3.63) is 35.4 Å². The minimum atomic E-state index is -0.820. The first kappa shape index (κ1) is 19.3. The number of hydrogen-bond acceptors (Lipinski definition) is 2. The van der Waals surface area contributed by atoms with Crippen molar-refractivity contribution in [1.82, 2.24) is 5.32 Å². The fourth-order valence-corrected chi connectivity index (χ4v) is 3.36. The normalized spacial score (nSPS) is 22.3. The van der Waals surface area contributed by atoms with Gasteiger partial charge in [-0.1, -0.05) is 26.8 Å². The highest BCUT2D eigenvalue weighted by Crippen LogP contribution is 2.36. The summed E-state index contributed by atoms with van der Waals surface area (Å²) in [6.45, 7) is 5.63. The number of hydrogen-bond donors (Lipinski definition) is 2. The highest BCUT2D eigenvalue weighted by Gasteiger charge is 2.34. The molecule has 1 fully saturated rings. The molecule has 0 saturated heterocycles. The molecule has 0 spiro atoms. The van der Waals surface area contributed by atoms with E-state index in [0.29, 0.717) is 25.7 Å². The molecule has 1 saturated carbocycles. The zero-order chi connectivity index (χ0) is 18.8. The van der Waals surface area contributed by atoms with Gasteiger partial charge in [0.2, 0.25) is 5.91 Å². The highest BCUT2D eigenvalue weighted by molar-refractivity contribution is 5.80. The van der Waals surface area contributed by atoms with Crippen molar-refractivity contribution >= 4 is 11.9 Å². The molecule has 0 radical (unpaired) electrons. The zero-order valence-electron chi connectivity index (χ0n) is 14.8. The maximum absolute atomic E-state index is 14.2. The van der Waals surface area contributed by atoms with Crippen LogP contribution in [0.4, 0.5) is 8.78 Å². The van der Waals surface area contributed by atoms with E-state index in [2.05, 4.69) is 5.32 Å². The monoisotopic (exact) mass is 353 g/mol. The number of amides is 1. The Labute approximate surface area is 146 Å². The van der Waals surface area contributed by atoms with Gasteiger partial charge in [-0.3, -0.25) is 9.59 Å². The molecule has 0 aliphatic heterocycles. The molecule has 1 aliphatic rings. The van der Waals surface area contributed by atoms with Crippen LogP contribution < -0.4 is 5.32 Å². The molecule has 1 amide bonds. The minimum absolute atomic E-state index is 0.201. The smallest absolute Gasteiger partial charge is 0.306 e. The molecule has 0 heterocycles. The molecule has 1 aliphatic carbocycles. The Morgan fingerprint density at radius 2 is 1.68 bits per heavy atom. The number of carbonyl (C=O) groups is 2. The van der Waals surface area contributed by atoms with Gasteiger partial charge in [-0.25, -0.2) is 8.78 Å². The van der Waals surface area contributed by atoms with Crippen LogP contribution in [0.1, 0.15) is 58.1 Å². The van der Waals surface area contributed by atoms with E-state index < -0.39 is 35.0 Å². The maximum Gasteiger partial charge on any atom is 0.306 e. The summed E-state index contributed by atoms with van der Waals surface area (Å²) in [4.78, 5) is 23.6. The lowest BCUT2D eigenvalue weighted by Crippen LogP contribution is -2.41. The molecule has 1 atom stereocenters. The topological polar surface area (TPSA) is 66.4 Å². The van der Waals surface area contributed by atoms with Crippen molar-refractivity contribution in [2.75, 3.05) is 0 Å². The Balaban J connectivity index is 2.13. The van der Waals surface area contributed by atoms with Crippen molar-refractivity contribution in [1.29, 1.82) is 0 Å². The van der Waals surface area contributed by atoms with E-state index in [-0.39, 0.29) is 17.4 Å². The summed E-state index contributed by atoms with van der Waals surface area (Å²) in [5, 5.41) is 11.9. The summed E-state index contributed by atoms with van der Waals surface area (Å²) in [5.74, 6) is -3.03. The van der Waals surface area contributed by atoms with Crippen LogP contribution in [0, 0.1) is 28.9 Å². The molecule has 0 aromatic heterocycles. The molecule has 4 nitrogen and oxygen atoms in total. The number of carboxylic acids is 1. The lowest BCUT2D eigenvalue weighted by atomic mass is 9.79. The van der Waals surface area contributed by atoms with Crippen LogP contribution in [0.5, 0.6) is 0 Å². The van der Waals surface area contributed by atoms with E-state index >= 15 is 0 Å². The number of carbonyl (C=O) groups excluding carboxylic acids is 1. The van der Waals surface area contributed by atoms with Crippen molar-refractivity contribution < 1.29 is 23.5 Å². The number of aliphatic carboxylic acids is 1. The Morgan fingerprint density at radius 1 is 1.12 bits per heavy atom. The average molecular weight is 353 g/mol. The van der Waals surface area contributed by atoms with Gasteiger partial charge in [-0.15, -0.1) is 0 Å². The second kappa shape index (κ2) is 7.50. The molecule has 0 bridgehead atoms. The van der Waals surface area contributed by atoms with Gasteiger partial charge in [0.25, 0.3) is 0 Å². The molecule has 25 heavy (non-hydrogen) atoms. The summed E-state index contributed by atoms with van der Waals surface area (Å²) in [6, 6.07) is 2.76. The Hall–Kier alpha value is -1.98. The van der Waals surface area contributed by atoms with E-state index in [9.17, 15) is 18.4 Å². The molecule has 1 aromatic rings. The third-order valence-electron chi connectivity index (χ3n) is 4.87. The van der Waals surface area contributed by atoms with Crippen LogP contribution in [0.3, 0.4) is 0 Å². The summed E-state index contributed by atoms with van der Waals surface area (Å²) in [7, 11) is 0. The molecule has 6 heteroatoms. The lowest BCUT2D eigenvalue weighted by Gasteiger charge is -2.34. The SMILES string of the molecule is CC(C)(C)C(NC(=O)C1CCC(C(=O)O)CC1)c1ccc(F)cc1F. The minimum Gasteiger partial charge on any atom is -0.481 e. The predicted molar refractivity (Wildman–Crippen MR) is 89.8 cm³/mol. The van der Waals surface area contributed by atoms with E-state index in [1.54, 1.807) is 0 Å². The number of nitrogens with one attached hydrogen (secondary N) is 1. The second-order valence-electron chi connectivity index (χ2n) is 7.86. The number of halogens is 2. The van der Waals surface area contributed by atoms with Crippen LogP contribution in [0.25, 0.3) is 0 Å². The summed E-state index contributed by atoms with van der Waals surface area (Å²) in [6.07, 6.45) is 1.95. The summed E-state index contributed by atoms with van der Waals surface area (Å²) in [5.41, 5.74) is -0.214. The van der Waals surface area contributed by atoms with Gasteiger partial charge >= 0.3 is 5.97 Å². The molecule has 2 N–H and O–H groups in total. The quantitative estimate of drug-likeness (QED) is 0.858. The Kier molecular flexibility index (Phi) is 5.80. The van der Waals surface area contributed by atoms with E-state index in [1.165, 1.54) is 12.1 Å². The first-order chi connectivity index (χ1) is 11.6. The summed E-state index contributed by atoms with van der Waals surface area (Å²) >= 11 is 0. The largest absolute Gasteiger partial charge is 0.481 e. The van der Waals surface area contributed by atoms with Crippen LogP contribution >= 0.6 is 0 Å². The highest BCUT2D eigenvalue weighted by atomic mass is 19.1. The number of rotatable bonds is 4. The average Bonchev–Trinajstić information content (AvgIpc) is 2.52. The Morgan fingerprint density at radius 3 is 2.16 bits per heavy atom. The van der Waals surface area contributed by atoms with Crippen LogP contribution in [0.15, 0.2) is 18.2 Å². The van der Waals surface area contributed by atoms with Gasteiger partial charge in [0, 0.05) is 17.5 Å². The molecule has 138 valence electrons. The first-order valence-electron chi connectivity index (χ1n) is 8.57. The van der Waals surface area contributed by atoms with Crippen LogP contribution in [-0.2, 0) is 9.59 Å². The van der Waals surface area contributed by atoms with Crippen molar-refractivity contribution in [2.45, 2.75) is 52.5 Å². The van der Waals surface area contributed by atoms with Crippen LogP contribution in [-0.4, -0.2) is 17.0 Å². The van der Waals surface area contributed by atoms with Gasteiger partial charge in [0.15, 0.2) is 0 Å². The predicted octanol–water partition coefficient (Wildman–Crippen LogP) is 4.06. The molecule has 1 aromatic carbocycles. The molecular weight excluding hydrogens is 328 g/mol.